The van der Waals surface area contributed by atoms with Crippen LogP contribution >= 0.6 is 0 Å². The number of hydrogen-bond donors (Lipinski definition) is 2. The maximum absolute atomic E-state index is 15.0. The van der Waals surface area contributed by atoms with Gasteiger partial charge >= 0.3 is 0 Å². The molecule has 0 saturated heterocycles. The highest BCUT2D eigenvalue weighted by molar-refractivity contribution is 5.99. The summed E-state index contributed by atoms with van der Waals surface area (Å²) in [5.74, 6) is -1.54. The van der Waals surface area contributed by atoms with Crippen LogP contribution in [0.3, 0.4) is 0 Å². The second kappa shape index (κ2) is 24.1. The molecule has 86 heavy (non-hydrogen) atoms. The van der Waals surface area contributed by atoms with E-state index in [0.717, 1.165) is 0 Å². The van der Waals surface area contributed by atoms with Gasteiger partial charge in [-0.15, -0.1) is 0 Å². The van der Waals surface area contributed by atoms with Crippen LogP contribution < -0.4 is 32.1 Å². The SMILES string of the molecule is C.C.Cc1cccc2nc([C@@H](C)n3nc(-c4ccc(OC(C)C)c(F)c4)c4c(N)ncnc43)c(-c3cccc(F)c3)c(=O)n12.Cc1cccc2nc([C@H](C)n3nc(-c4ccc(OC(C)C)c(F)c4)c4c(N)ncnc43)c(-c3cccc(F)c3)c(=O)n12. The van der Waals surface area contributed by atoms with Crippen molar-refractivity contribution in [3.63, 3.8) is 0 Å². The first-order valence-electron chi connectivity index (χ1n) is 26.7. The third-order valence-corrected chi connectivity index (χ3v) is 14.1. The Morgan fingerprint density at radius 3 is 1.22 bits per heavy atom. The molecule has 12 aromatic rings. The van der Waals surface area contributed by atoms with Gasteiger partial charge in [-0.25, -0.2) is 56.8 Å². The minimum atomic E-state index is -0.680. The number of halogens is 4. The largest absolute Gasteiger partial charge is 0.488 e. The lowest BCUT2D eigenvalue weighted by atomic mass is 10.0. The van der Waals surface area contributed by atoms with Crippen molar-refractivity contribution in [2.75, 3.05) is 11.5 Å². The molecule has 0 spiro atoms. The van der Waals surface area contributed by atoms with Gasteiger partial charge in [0, 0.05) is 22.5 Å². The van der Waals surface area contributed by atoms with Crippen LogP contribution in [0.1, 0.15) is 91.3 Å². The van der Waals surface area contributed by atoms with Gasteiger partial charge in [0.2, 0.25) is 0 Å². The fraction of sp³-hybridized carbons (Fsp3) is 0.219. The predicted molar refractivity (Wildman–Crippen MR) is 326 cm³/mol. The van der Waals surface area contributed by atoms with Crippen LogP contribution in [0.25, 0.3) is 78.1 Å². The van der Waals surface area contributed by atoms with E-state index in [0.29, 0.717) is 89.8 Å². The Kier molecular flexibility index (Phi) is 16.9. The first-order chi connectivity index (χ1) is 40.3. The zero-order chi connectivity index (χ0) is 59.4. The summed E-state index contributed by atoms with van der Waals surface area (Å²) in [7, 11) is 0. The van der Waals surface area contributed by atoms with E-state index in [-0.39, 0.29) is 72.4 Å². The molecule has 22 heteroatoms. The monoisotopic (exact) mass is 1170 g/mol. The second-order valence-corrected chi connectivity index (χ2v) is 20.6. The summed E-state index contributed by atoms with van der Waals surface area (Å²) in [5, 5.41) is 10.5. The van der Waals surface area contributed by atoms with Crippen molar-refractivity contribution in [1.29, 1.82) is 0 Å². The lowest BCUT2D eigenvalue weighted by molar-refractivity contribution is 0.231. The predicted octanol–water partition coefficient (Wildman–Crippen LogP) is 12.7. The van der Waals surface area contributed by atoms with Gasteiger partial charge in [0.1, 0.15) is 58.6 Å². The number of anilines is 2. The Labute approximate surface area is 491 Å². The highest BCUT2D eigenvalue weighted by Crippen LogP contribution is 2.39. The molecule has 0 aliphatic carbocycles. The number of fused-ring (bicyclic) bond motifs is 4. The molecule has 8 aromatic heterocycles. The Morgan fingerprint density at radius 2 is 0.860 bits per heavy atom. The molecule has 0 fully saturated rings. The fourth-order valence-corrected chi connectivity index (χ4v) is 10.3. The number of nitrogens with zero attached hydrogens (tertiary/aromatic N) is 12. The highest BCUT2D eigenvalue weighted by atomic mass is 19.1. The quantitative estimate of drug-likeness (QED) is 0.109. The third-order valence-electron chi connectivity index (χ3n) is 14.1. The summed E-state index contributed by atoms with van der Waals surface area (Å²) in [6.45, 7) is 14.5. The third kappa shape index (κ3) is 11.0. The van der Waals surface area contributed by atoms with Gasteiger partial charge in [0.15, 0.2) is 34.4 Å². The summed E-state index contributed by atoms with van der Waals surface area (Å²) in [4.78, 5) is 54.9. The van der Waals surface area contributed by atoms with E-state index in [4.69, 9.17) is 41.1 Å². The lowest BCUT2D eigenvalue weighted by Crippen LogP contribution is -2.24. The number of pyridine rings is 2. The van der Waals surface area contributed by atoms with Crippen molar-refractivity contribution >= 4 is 45.0 Å². The number of rotatable bonds is 12. The van der Waals surface area contributed by atoms with Crippen molar-refractivity contribution in [2.45, 2.75) is 94.5 Å². The molecule has 440 valence electrons. The molecule has 0 aliphatic heterocycles. The molecule has 0 saturated carbocycles. The topological polar surface area (TPSA) is 226 Å². The smallest absolute Gasteiger partial charge is 0.266 e. The molecule has 8 heterocycles. The zero-order valence-corrected chi connectivity index (χ0v) is 46.7. The Morgan fingerprint density at radius 1 is 0.477 bits per heavy atom. The van der Waals surface area contributed by atoms with Gasteiger partial charge in [-0.3, -0.25) is 18.4 Å². The number of aromatic nitrogens is 12. The van der Waals surface area contributed by atoms with E-state index in [9.17, 15) is 18.4 Å². The maximum Gasteiger partial charge on any atom is 0.266 e. The summed E-state index contributed by atoms with van der Waals surface area (Å²) < 4.78 is 76.1. The summed E-state index contributed by atoms with van der Waals surface area (Å²) in [6, 6.07) is 30.1. The molecule has 0 bridgehead atoms. The minimum Gasteiger partial charge on any atom is -0.488 e. The van der Waals surface area contributed by atoms with Gasteiger partial charge in [-0.1, -0.05) is 51.3 Å². The first kappa shape index (κ1) is 60.2. The molecule has 2 atom stereocenters. The number of ether oxygens (including phenoxy) is 2. The van der Waals surface area contributed by atoms with Gasteiger partial charge in [0.25, 0.3) is 11.1 Å². The molecule has 4 aromatic carbocycles. The zero-order valence-electron chi connectivity index (χ0n) is 46.7. The molecule has 0 aliphatic rings. The van der Waals surface area contributed by atoms with Crippen LogP contribution in [0.5, 0.6) is 11.5 Å². The van der Waals surface area contributed by atoms with Crippen LogP contribution in [-0.2, 0) is 0 Å². The molecule has 0 amide bonds. The number of nitrogens with two attached hydrogens (primary N) is 2. The van der Waals surface area contributed by atoms with E-state index in [1.807, 2.05) is 53.7 Å². The van der Waals surface area contributed by atoms with E-state index >= 15 is 8.78 Å². The molecule has 0 unspecified atom stereocenters. The van der Waals surface area contributed by atoms with E-state index < -0.39 is 35.4 Å². The van der Waals surface area contributed by atoms with E-state index in [2.05, 4.69) is 19.9 Å². The van der Waals surface area contributed by atoms with Crippen molar-refractivity contribution in [2.24, 2.45) is 0 Å². The van der Waals surface area contributed by atoms with Crippen molar-refractivity contribution in [1.82, 2.24) is 58.3 Å². The number of hydrogen-bond acceptors (Lipinski definition) is 14. The molecule has 4 N–H and O–H groups in total. The number of benzene rings is 4. The van der Waals surface area contributed by atoms with E-state index in [1.165, 1.54) is 70.0 Å². The molecular weight excluding hydrogens is 1100 g/mol. The van der Waals surface area contributed by atoms with Gasteiger partial charge < -0.3 is 20.9 Å². The van der Waals surface area contributed by atoms with Crippen molar-refractivity contribution in [3.8, 4) is 56.3 Å². The standard InChI is InChI=1S/2C31H27F2N7O2.2CH4/c2*1-16(2)42-23-12-11-20(14-22(23)33)28-26-29(34)35-15-36-30(26)40(38-28)18(4)27-25(19-8-6-9-21(32)13-19)31(41)39-17(3)7-5-10-24(39)37-27;;/h2*5-16,18H,1-4H3,(H2,34,35,36);2*1H4/t2*18-;;/m10../s1. The average molecular weight is 1170 g/mol. The van der Waals surface area contributed by atoms with Crippen LogP contribution in [0.15, 0.2) is 144 Å². The summed E-state index contributed by atoms with van der Waals surface area (Å²) >= 11 is 0. The van der Waals surface area contributed by atoms with Gasteiger partial charge in [-0.05, 0) is 151 Å². The molecule has 18 nitrogen and oxygen atoms in total. The van der Waals surface area contributed by atoms with Crippen LogP contribution in [0.4, 0.5) is 29.2 Å². The van der Waals surface area contributed by atoms with Gasteiger partial charge in [-0.2, -0.15) is 10.2 Å². The first-order valence-corrected chi connectivity index (χ1v) is 26.7. The van der Waals surface area contributed by atoms with Crippen LogP contribution in [0, 0.1) is 37.1 Å². The minimum absolute atomic E-state index is 0. The molecule has 12 rings (SSSR count). The normalized spacial score (nSPS) is 12.1. The maximum atomic E-state index is 15.0. The van der Waals surface area contributed by atoms with Crippen LogP contribution in [-0.4, -0.2) is 70.5 Å². The average Bonchev–Trinajstić information content (AvgIpc) is 3.28. The van der Waals surface area contributed by atoms with E-state index in [1.54, 1.807) is 83.9 Å². The van der Waals surface area contributed by atoms with Crippen molar-refractivity contribution in [3.05, 3.63) is 201 Å². The summed E-state index contributed by atoms with van der Waals surface area (Å²) in [6.07, 6.45) is 2.22. The van der Waals surface area contributed by atoms with Gasteiger partial charge in [0.05, 0.1) is 57.6 Å². The Bertz CT molecular complexity index is 4400. The lowest BCUT2D eigenvalue weighted by Gasteiger charge is -2.18. The summed E-state index contributed by atoms with van der Waals surface area (Å²) in [5.41, 5.74) is 18.3. The van der Waals surface area contributed by atoms with Crippen molar-refractivity contribution < 1.29 is 27.0 Å². The molecule has 0 radical (unpaired) electrons. The Hall–Kier alpha value is -10.4. The van der Waals surface area contributed by atoms with Crippen LogP contribution in [0.2, 0.25) is 0 Å². The highest BCUT2D eigenvalue weighted by Gasteiger charge is 2.29. The fourth-order valence-electron chi connectivity index (χ4n) is 10.3. The molecular formula is C64H62F4N14O4. The second-order valence-electron chi connectivity index (χ2n) is 20.6. The number of nitrogen functional groups attached to an aromatic ring is 2. The number of aryl methyl sites for hydroxylation is 2. The Balaban J connectivity index is 0.000000201.